The Morgan fingerprint density at radius 2 is 1.82 bits per heavy atom. The van der Waals surface area contributed by atoms with Gasteiger partial charge in [-0.3, -0.25) is 9.73 Å². The molecule has 0 radical (unpaired) electrons. The number of halogens is 3. The molecule has 3 aromatic rings. The quantitative estimate of drug-likeness (QED) is 0.362. The lowest BCUT2D eigenvalue weighted by Crippen LogP contribution is -2.32. The molecule has 4 rings (SSSR count). The molecule has 5 nitrogen and oxygen atoms in total. The summed E-state index contributed by atoms with van der Waals surface area (Å²) in [6.07, 6.45) is -4.71. The summed E-state index contributed by atoms with van der Waals surface area (Å²) in [7, 11) is -4.00. The van der Waals surface area contributed by atoms with Gasteiger partial charge < -0.3 is 0 Å². The van der Waals surface area contributed by atoms with Crippen LogP contribution in [-0.2, 0) is 10.0 Å². The van der Waals surface area contributed by atoms with E-state index in [0.717, 1.165) is 32.6 Å². The maximum atomic E-state index is 13.7. The number of unbranched alkanes of at least 4 members (excludes halogenated alkanes) is 1. The minimum Gasteiger partial charge on any atom is -0.283 e. The smallest absolute Gasteiger partial charge is 0.283 e. The van der Waals surface area contributed by atoms with Crippen molar-refractivity contribution in [2.75, 3.05) is 10.8 Å². The highest BCUT2D eigenvalue weighted by atomic mass is 32.2. The van der Waals surface area contributed by atoms with Gasteiger partial charge in [-0.2, -0.15) is 18.3 Å². The topological polar surface area (TPSA) is 61.8 Å². The van der Waals surface area contributed by atoms with Crippen LogP contribution in [-0.4, -0.2) is 26.9 Å². The first-order valence-electron chi connectivity index (χ1n) is 10.7. The van der Waals surface area contributed by atoms with Gasteiger partial charge in [0.15, 0.2) is 0 Å². The molecule has 2 aromatic carbocycles. The molecule has 1 aromatic heterocycles. The van der Waals surface area contributed by atoms with Gasteiger partial charge in [-0.1, -0.05) is 36.9 Å². The van der Waals surface area contributed by atoms with Gasteiger partial charge in [-0.05, 0) is 54.5 Å². The van der Waals surface area contributed by atoms with Gasteiger partial charge in [0.05, 0.1) is 10.6 Å². The number of aryl methyl sites for hydroxylation is 1. The number of sulfonamides is 1. The summed E-state index contributed by atoms with van der Waals surface area (Å²) in [6.45, 7) is 5.63. The predicted octanol–water partition coefficient (Wildman–Crippen LogP) is 6.35. The first kappa shape index (κ1) is 24.3. The largest absolute Gasteiger partial charge is 0.389 e. The zero-order chi connectivity index (χ0) is 24.5. The van der Waals surface area contributed by atoms with E-state index in [4.69, 9.17) is 0 Å². The molecule has 0 amide bonds. The van der Waals surface area contributed by atoms with Crippen molar-refractivity contribution >= 4 is 42.2 Å². The Hall–Kier alpha value is -2.85. The summed E-state index contributed by atoms with van der Waals surface area (Å²) < 4.78 is 67.5. The Kier molecular flexibility index (Phi) is 6.73. The number of hydrogen-bond donors (Lipinski definition) is 1. The summed E-state index contributed by atoms with van der Waals surface area (Å²) in [5, 5.41) is 5.64. The molecule has 180 valence electrons. The molecule has 0 fully saturated rings. The average molecular weight is 508 g/mol. The van der Waals surface area contributed by atoms with Crippen molar-refractivity contribution in [1.82, 2.24) is 5.43 Å². The van der Waals surface area contributed by atoms with E-state index in [0.29, 0.717) is 11.4 Å². The molecule has 0 bridgehead atoms. The van der Waals surface area contributed by atoms with Crippen molar-refractivity contribution in [3.63, 3.8) is 0 Å². The number of thiophene rings is 1. The molecule has 1 aliphatic heterocycles. The van der Waals surface area contributed by atoms with Gasteiger partial charge in [0, 0.05) is 29.8 Å². The molecule has 0 atom stereocenters. The number of hydrazone groups is 1. The number of nitrogens with zero attached hydrogens (tertiary/aromatic N) is 2. The van der Waals surface area contributed by atoms with Crippen LogP contribution in [0.2, 0.25) is 0 Å². The van der Waals surface area contributed by atoms with E-state index in [9.17, 15) is 21.6 Å². The maximum Gasteiger partial charge on any atom is 0.389 e. The number of alkyl halides is 3. The second-order valence-corrected chi connectivity index (χ2v) is 11.0. The van der Waals surface area contributed by atoms with E-state index in [2.05, 4.69) is 17.1 Å². The van der Waals surface area contributed by atoms with Crippen molar-refractivity contribution in [1.29, 1.82) is 0 Å². The summed E-state index contributed by atoms with van der Waals surface area (Å²) in [4.78, 5) is 0.0781. The number of allylic oxidation sites excluding steroid dienone is 1. The van der Waals surface area contributed by atoms with Crippen LogP contribution < -0.4 is 9.73 Å². The van der Waals surface area contributed by atoms with Gasteiger partial charge >= 0.3 is 6.18 Å². The standard InChI is InChI=1S/C24H24F3N3O2S2/c1-16-15-21(29-28-16)18-9-11-19(12-10-18)34(31,32)30(14-6-5-13-24(25,26)27)23-17(2)20-7-3-4-8-22(20)33-23/h3-4,7-12,28H,1,5-6,13-15H2,2H3. The first-order valence-corrected chi connectivity index (χ1v) is 13.0. The summed E-state index contributed by atoms with van der Waals surface area (Å²) in [6, 6.07) is 14.0. The molecule has 2 heterocycles. The molecular weight excluding hydrogens is 483 g/mol. The van der Waals surface area contributed by atoms with Crippen LogP contribution >= 0.6 is 11.3 Å². The fraction of sp³-hybridized carbons (Fsp3) is 0.292. The van der Waals surface area contributed by atoms with Gasteiger partial charge in [0.1, 0.15) is 5.00 Å². The Morgan fingerprint density at radius 1 is 1.12 bits per heavy atom. The predicted molar refractivity (Wildman–Crippen MR) is 131 cm³/mol. The minimum absolute atomic E-state index is 0.0374. The SMILES string of the molecule is C=C1CC(c2ccc(S(=O)(=O)N(CCCCC(F)(F)F)c3sc4ccccc4c3C)cc2)=NN1. The van der Waals surface area contributed by atoms with E-state index in [1.807, 2.05) is 31.2 Å². The van der Waals surface area contributed by atoms with Gasteiger partial charge in [-0.15, -0.1) is 11.3 Å². The lowest BCUT2D eigenvalue weighted by molar-refractivity contribution is -0.135. The normalized spacial score (nSPS) is 14.4. The van der Waals surface area contributed by atoms with E-state index >= 15 is 0 Å². The third-order valence-corrected chi connectivity index (χ3v) is 8.85. The van der Waals surface area contributed by atoms with Crippen LogP contribution in [0.1, 0.15) is 36.8 Å². The second-order valence-electron chi connectivity index (χ2n) is 8.15. The zero-order valence-electron chi connectivity index (χ0n) is 18.5. The Labute approximate surface area is 200 Å². The van der Waals surface area contributed by atoms with Crippen LogP contribution in [0.5, 0.6) is 0 Å². The summed E-state index contributed by atoms with van der Waals surface area (Å²) in [5.74, 6) is 0. The van der Waals surface area contributed by atoms with E-state index in [-0.39, 0.29) is 24.3 Å². The van der Waals surface area contributed by atoms with Crippen LogP contribution in [0.25, 0.3) is 10.1 Å². The lowest BCUT2D eigenvalue weighted by atomic mass is 10.1. The fourth-order valence-corrected chi connectivity index (χ4v) is 6.86. The fourth-order valence-electron chi connectivity index (χ4n) is 3.85. The monoisotopic (exact) mass is 507 g/mol. The molecule has 0 unspecified atom stereocenters. The minimum atomic E-state index is -4.27. The summed E-state index contributed by atoms with van der Waals surface area (Å²) in [5.41, 5.74) is 5.89. The number of rotatable bonds is 8. The molecular formula is C24H24F3N3O2S2. The Balaban J connectivity index is 1.66. The second kappa shape index (κ2) is 9.42. The number of hydrogen-bond acceptors (Lipinski definition) is 5. The third kappa shape index (κ3) is 5.12. The average Bonchev–Trinajstić information content (AvgIpc) is 3.36. The van der Waals surface area contributed by atoms with Gasteiger partial charge in [0.2, 0.25) is 0 Å². The highest BCUT2D eigenvalue weighted by Crippen LogP contribution is 2.40. The Morgan fingerprint density at radius 3 is 2.44 bits per heavy atom. The molecule has 0 saturated heterocycles. The van der Waals surface area contributed by atoms with E-state index in [1.54, 1.807) is 12.1 Å². The maximum absolute atomic E-state index is 13.7. The number of fused-ring (bicyclic) bond motifs is 1. The van der Waals surface area contributed by atoms with Gasteiger partial charge in [0.25, 0.3) is 10.0 Å². The van der Waals surface area contributed by atoms with E-state index in [1.165, 1.54) is 27.8 Å². The molecule has 0 aliphatic carbocycles. The van der Waals surface area contributed by atoms with Crippen LogP contribution in [0, 0.1) is 6.92 Å². The van der Waals surface area contributed by atoms with Crippen molar-refractivity contribution in [2.24, 2.45) is 5.10 Å². The third-order valence-electron chi connectivity index (χ3n) is 5.62. The van der Waals surface area contributed by atoms with Crippen molar-refractivity contribution < 1.29 is 21.6 Å². The van der Waals surface area contributed by atoms with Crippen LogP contribution in [0.15, 0.2) is 70.8 Å². The highest BCUT2D eigenvalue weighted by molar-refractivity contribution is 7.93. The molecule has 10 heteroatoms. The van der Waals surface area contributed by atoms with Gasteiger partial charge in [-0.25, -0.2) is 8.42 Å². The van der Waals surface area contributed by atoms with Crippen molar-refractivity contribution in [2.45, 2.75) is 43.7 Å². The van der Waals surface area contributed by atoms with Crippen molar-refractivity contribution in [3.8, 4) is 0 Å². The van der Waals surface area contributed by atoms with Crippen molar-refractivity contribution in [3.05, 3.63) is 71.9 Å². The number of nitrogens with one attached hydrogen (secondary N) is 1. The molecule has 1 N–H and O–H groups in total. The number of benzene rings is 2. The highest BCUT2D eigenvalue weighted by Gasteiger charge is 2.30. The van der Waals surface area contributed by atoms with Crippen LogP contribution in [0.4, 0.5) is 18.2 Å². The zero-order valence-corrected chi connectivity index (χ0v) is 20.2. The molecule has 0 spiro atoms. The lowest BCUT2D eigenvalue weighted by Gasteiger charge is -2.24. The van der Waals surface area contributed by atoms with Crippen LogP contribution in [0.3, 0.4) is 0 Å². The molecule has 34 heavy (non-hydrogen) atoms. The molecule has 0 saturated carbocycles. The molecule has 1 aliphatic rings. The summed E-state index contributed by atoms with van der Waals surface area (Å²) >= 11 is 1.33. The first-order chi connectivity index (χ1) is 16.1. The Bertz CT molecular complexity index is 1340. The number of anilines is 1. The van der Waals surface area contributed by atoms with E-state index < -0.39 is 22.6 Å².